The number of hydrogen-bond donors (Lipinski definition) is 2. The van der Waals surface area contributed by atoms with Crippen LogP contribution in [0.25, 0.3) is 33.3 Å². The first-order chi connectivity index (χ1) is 16.2. The van der Waals surface area contributed by atoms with Gasteiger partial charge in [0.25, 0.3) is 5.56 Å². The number of benzene rings is 3. The van der Waals surface area contributed by atoms with Crippen LogP contribution in [0.5, 0.6) is 0 Å². The largest absolute Gasteiger partial charge is 0.397 e. The maximum Gasteiger partial charge on any atom is 0.259 e. The van der Waals surface area contributed by atoms with Gasteiger partial charge in [0.05, 0.1) is 12.2 Å². The van der Waals surface area contributed by atoms with E-state index < -0.39 is 0 Å². The third kappa shape index (κ3) is 3.78. The number of H-pyrrole nitrogens is 1. The van der Waals surface area contributed by atoms with Crippen LogP contribution in [0.4, 0.5) is 5.69 Å². The van der Waals surface area contributed by atoms with E-state index in [1.165, 1.54) is 0 Å². The number of nitrogen functional groups attached to an aromatic ring is 1. The number of aromatic nitrogens is 5. The number of pyridine rings is 1. The summed E-state index contributed by atoms with van der Waals surface area (Å²) in [7, 11) is 0. The van der Waals surface area contributed by atoms with Crippen LogP contribution < -0.4 is 11.3 Å². The lowest BCUT2D eigenvalue weighted by atomic mass is 9.98. The van der Waals surface area contributed by atoms with Crippen LogP contribution in [0.15, 0.2) is 77.6 Å². The first-order valence-corrected chi connectivity index (χ1v) is 11.0. The molecule has 3 N–H and O–H groups in total. The molecule has 0 bridgehead atoms. The molecule has 3 aromatic carbocycles. The van der Waals surface area contributed by atoms with Gasteiger partial charge in [0.15, 0.2) is 0 Å². The van der Waals surface area contributed by atoms with Crippen LogP contribution >= 0.6 is 0 Å². The fourth-order valence-corrected chi connectivity index (χ4v) is 4.32. The second-order valence-electron chi connectivity index (χ2n) is 8.03. The predicted octanol–water partition coefficient (Wildman–Crippen LogP) is 4.43. The number of nitrogens with one attached hydrogen (secondary N) is 1. The number of nitrogens with two attached hydrogens (primary N) is 1. The van der Waals surface area contributed by atoms with Gasteiger partial charge < -0.3 is 10.3 Å². The van der Waals surface area contributed by atoms with Crippen LogP contribution in [-0.2, 0) is 13.0 Å². The topological polar surface area (TPSA) is 102 Å². The number of nitrogens with zero attached hydrogens (tertiary/aromatic N) is 4. The lowest BCUT2D eigenvalue weighted by Gasteiger charge is -2.17. The molecule has 0 aliphatic heterocycles. The summed E-state index contributed by atoms with van der Waals surface area (Å²) in [4.78, 5) is 13.3. The van der Waals surface area contributed by atoms with Crippen molar-refractivity contribution in [3.05, 3.63) is 94.4 Å². The van der Waals surface area contributed by atoms with E-state index in [-0.39, 0.29) is 5.56 Å². The zero-order valence-electron chi connectivity index (χ0n) is 18.3. The highest BCUT2D eigenvalue weighted by molar-refractivity contribution is 5.93. The maximum absolute atomic E-state index is 13.3. The molecule has 0 amide bonds. The van der Waals surface area contributed by atoms with Crippen LogP contribution in [0.1, 0.15) is 24.6 Å². The summed E-state index contributed by atoms with van der Waals surface area (Å²) in [5, 5.41) is 15.9. The Morgan fingerprint density at radius 3 is 2.30 bits per heavy atom. The smallest absolute Gasteiger partial charge is 0.259 e. The van der Waals surface area contributed by atoms with E-state index in [0.29, 0.717) is 23.4 Å². The van der Waals surface area contributed by atoms with Crippen molar-refractivity contribution >= 4 is 16.5 Å². The molecule has 0 radical (unpaired) electrons. The number of hydrogen-bond acceptors (Lipinski definition) is 5. The van der Waals surface area contributed by atoms with E-state index in [1.807, 2.05) is 53.1 Å². The Morgan fingerprint density at radius 1 is 0.909 bits per heavy atom. The molecular weight excluding hydrogens is 412 g/mol. The number of anilines is 1. The van der Waals surface area contributed by atoms with E-state index in [9.17, 15) is 4.79 Å². The molecule has 164 valence electrons. The van der Waals surface area contributed by atoms with Crippen molar-refractivity contribution in [3.63, 3.8) is 0 Å². The van der Waals surface area contributed by atoms with Crippen molar-refractivity contribution in [3.8, 4) is 22.5 Å². The lowest BCUT2D eigenvalue weighted by molar-refractivity contribution is 0.697. The molecule has 0 saturated carbocycles. The Hall–Kier alpha value is -4.26. The van der Waals surface area contributed by atoms with Crippen LogP contribution in [0.2, 0.25) is 0 Å². The van der Waals surface area contributed by atoms with Crippen molar-refractivity contribution in [2.75, 3.05) is 5.73 Å². The van der Waals surface area contributed by atoms with Crippen molar-refractivity contribution in [2.45, 2.75) is 26.3 Å². The molecule has 5 rings (SSSR count). The standard InChI is InChI=1S/C26H24N6O/c1-2-7-23-24(27)20-9-4-6-11-22(20)26(33)32(23)16-17-12-14-18(15-13-17)19-8-3-5-10-21(19)25-28-30-31-29-25/h3-6,8-15H,2,7,16,27H2,1H3,(H,28,29,30,31). The van der Waals surface area contributed by atoms with Crippen LogP contribution in [0, 0.1) is 0 Å². The summed E-state index contributed by atoms with van der Waals surface area (Å²) in [6.45, 7) is 2.56. The summed E-state index contributed by atoms with van der Waals surface area (Å²) in [6, 6.07) is 23.7. The van der Waals surface area contributed by atoms with E-state index in [0.717, 1.165) is 46.2 Å². The summed E-state index contributed by atoms with van der Waals surface area (Å²) in [6.07, 6.45) is 1.66. The van der Waals surface area contributed by atoms with E-state index >= 15 is 0 Å². The summed E-state index contributed by atoms with van der Waals surface area (Å²) >= 11 is 0. The van der Waals surface area contributed by atoms with Gasteiger partial charge in [0.2, 0.25) is 5.82 Å². The monoisotopic (exact) mass is 436 g/mol. The fourth-order valence-electron chi connectivity index (χ4n) is 4.32. The molecule has 2 heterocycles. The van der Waals surface area contributed by atoms with Crippen LogP contribution in [0.3, 0.4) is 0 Å². The molecular formula is C26H24N6O. The second-order valence-corrected chi connectivity index (χ2v) is 8.03. The summed E-state index contributed by atoms with van der Waals surface area (Å²) < 4.78 is 1.82. The first kappa shape index (κ1) is 20.6. The zero-order chi connectivity index (χ0) is 22.8. The molecule has 0 fully saturated rings. The highest BCUT2D eigenvalue weighted by atomic mass is 16.1. The average Bonchev–Trinajstić information content (AvgIpc) is 3.40. The second kappa shape index (κ2) is 8.70. The van der Waals surface area contributed by atoms with Gasteiger partial charge in [0.1, 0.15) is 0 Å². The highest BCUT2D eigenvalue weighted by Gasteiger charge is 2.15. The molecule has 0 atom stereocenters. The third-order valence-corrected chi connectivity index (χ3v) is 5.94. The minimum absolute atomic E-state index is 0.00483. The molecule has 2 aromatic heterocycles. The number of fused-ring (bicyclic) bond motifs is 1. The molecule has 5 aromatic rings. The molecule has 7 heteroatoms. The molecule has 0 unspecified atom stereocenters. The number of tetrazole rings is 1. The Bertz CT molecular complexity index is 1470. The molecule has 0 aliphatic carbocycles. The predicted molar refractivity (Wildman–Crippen MR) is 131 cm³/mol. The van der Waals surface area contributed by atoms with Gasteiger partial charge in [-0.1, -0.05) is 80.1 Å². The highest BCUT2D eigenvalue weighted by Crippen LogP contribution is 2.30. The molecule has 7 nitrogen and oxygen atoms in total. The van der Waals surface area contributed by atoms with E-state index in [2.05, 4.69) is 51.8 Å². The molecule has 0 spiro atoms. The Labute approximate surface area is 190 Å². The van der Waals surface area contributed by atoms with Crippen molar-refractivity contribution in [1.82, 2.24) is 25.2 Å². The van der Waals surface area contributed by atoms with Crippen LogP contribution in [-0.4, -0.2) is 25.2 Å². The Balaban J connectivity index is 1.53. The van der Waals surface area contributed by atoms with Gasteiger partial charge in [-0.2, -0.15) is 5.21 Å². The van der Waals surface area contributed by atoms with Crippen molar-refractivity contribution in [2.24, 2.45) is 0 Å². The minimum Gasteiger partial charge on any atom is -0.397 e. The normalized spacial score (nSPS) is 11.2. The van der Waals surface area contributed by atoms with Gasteiger partial charge >= 0.3 is 0 Å². The SMILES string of the molecule is CCCc1c(N)c2ccccc2c(=O)n1Cc1ccc(-c2ccccc2-c2nn[nH]n2)cc1. The van der Waals surface area contributed by atoms with Gasteiger partial charge in [-0.15, -0.1) is 10.2 Å². The molecule has 0 aliphatic rings. The lowest BCUT2D eigenvalue weighted by Crippen LogP contribution is -2.26. The van der Waals surface area contributed by atoms with Gasteiger partial charge in [-0.05, 0) is 34.4 Å². The number of rotatable bonds is 6. The Kier molecular flexibility index (Phi) is 5.44. The fraction of sp³-hybridized carbons (Fsp3) is 0.154. The average molecular weight is 437 g/mol. The Morgan fingerprint density at radius 2 is 1.61 bits per heavy atom. The van der Waals surface area contributed by atoms with Gasteiger partial charge in [0, 0.05) is 22.0 Å². The van der Waals surface area contributed by atoms with Crippen molar-refractivity contribution in [1.29, 1.82) is 0 Å². The zero-order valence-corrected chi connectivity index (χ0v) is 18.3. The quantitative estimate of drug-likeness (QED) is 0.410. The van der Waals surface area contributed by atoms with Gasteiger partial charge in [-0.25, -0.2) is 0 Å². The van der Waals surface area contributed by atoms with Gasteiger partial charge in [-0.3, -0.25) is 4.79 Å². The first-order valence-electron chi connectivity index (χ1n) is 11.0. The molecule has 33 heavy (non-hydrogen) atoms. The van der Waals surface area contributed by atoms with E-state index in [4.69, 9.17) is 5.73 Å². The van der Waals surface area contributed by atoms with Crippen molar-refractivity contribution < 1.29 is 0 Å². The van der Waals surface area contributed by atoms with E-state index in [1.54, 1.807) is 0 Å². The molecule has 0 saturated heterocycles. The number of aromatic amines is 1. The third-order valence-electron chi connectivity index (χ3n) is 5.94. The minimum atomic E-state index is -0.00483. The summed E-state index contributed by atoms with van der Waals surface area (Å²) in [5.74, 6) is 0.553. The maximum atomic E-state index is 13.3. The summed E-state index contributed by atoms with van der Waals surface area (Å²) in [5.41, 5.74) is 12.1.